The van der Waals surface area contributed by atoms with Gasteiger partial charge in [-0.05, 0) is 60.6 Å². The van der Waals surface area contributed by atoms with E-state index in [0.29, 0.717) is 35.7 Å². The van der Waals surface area contributed by atoms with E-state index < -0.39 is 17.3 Å². The summed E-state index contributed by atoms with van der Waals surface area (Å²) in [5.74, 6) is 0.371. The molecule has 0 bridgehead atoms. The number of rotatable bonds is 10. The largest absolute Gasteiger partial charge is 0.491 e. The van der Waals surface area contributed by atoms with E-state index in [4.69, 9.17) is 10.5 Å². The van der Waals surface area contributed by atoms with Crippen LogP contribution >= 0.6 is 0 Å². The molecule has 3 N–H and O–H groups in total. The van der Waals surface area contributed by atoms with Crippen molar-refractivity contribution in [2.24, 2.45) is 17.6 Å². The number of amides is 1. The molecule has 5 nitrogen and oxygen atoms in total. The molecule has 0 fully saturated rings. The van der Waals surface area contributed by atoms with Gasteiger partial charge in [0.05, 0.1) is 5.56 Å². The maximum Gasteiger partial charge on any atom is 0.419 e. The molecule has 182 valence electrons. The smallest absolute Gasteiger partial charge is 0.419 e. The third-order valence-corrected chi connectivity index (χ3v) is 5.31. The summed E-state index contributed by atoms with van der Waals surface area (Å²) in [6.45, 7) is 9.70. The number of alkyl halides is 3. The summed E-state index contributed by atoms with van der Waals surface area (Å²) in [5.41, 5.74) is 5.41. The van der Waals surface area contributed by atoms with Crippen molar-refractivity contribution in [3.05, 3.63) is 42.1 Å². The number of ether oxygens (including phenoxy) is 1. The van der Waals surface area contributed by atoms with Crippen LogP contribution in [0.2, 0.25) is 0 Å². The minimum atomic E-state index is -4.60. The molecule has 0 aliphatic carbocycles. The number of pyridine rings is 1. The van der Waals surface area contributed by atoms with Crippen molar-refractivity contribution >= 4 is 11.7 Å². The van der Waals surface area contributed by atoms with Crippen molar-refractivity contribution in [1.29, 1.82) is 0 Å². The monoisotopic (exact) mass is 465 g/mol. The maximum atomic E-state index is 13.8. The molecule has 0 radical (unpaired) electrons. The lowest BCUT2D eigenvalue weighted by Crippen LogP contribution is -2.43. The van der Waals surface area contributed by atoms with Crippen LogP contribution in [0.4, 0.5) is 19.0 Å². The summed E-state index contributed by atoms with van der Waals surface area (Å²) < 4.78 is 46.9. The number of nitrogens with two attached hydrogens (primary N) is 1. The Morgan fingerprint density at radius 1 is 1.15 bits per heavy atom. The molecule has 0 aliphatic heterocycles. The van der Waals surface area contributed by atoms with Crippen molar-refractivity contribution < 1.29 is 22.7 Å². The predicted octanol–water partition coefficient (Wildman–Crippen LogP) is 6.28. The predicted molar refractivity (Wildman–Crippen MR) is 125 cm³/mol. The highest BCUT2D eigenvalue weighted by atomic mass is 19.4. The quantitative estimate of drug-likeness (QED) is 0.433. The highest BCUT2D eigenvalue weighted by molar-refractivity contribution is 5.90. The SMILES string of the molecule is CCC(C)CC(=O)Nc1cc(-c2ccc(OCC(C)(N)CC(C)C)c(C(F)(F)F)c2)ccn1. The van der Waals surface area contributed by atoms with Crippen molar-refractivity contribution in [3.63, 3.8) is 0 Å². The Balaban J connectivity index is 2.27. The van der Waals surface area contributed by atoms with E-state index in [0.717, 1.165) is 12.5 Å². The van der Waals surface area contributed by atoms with Gasteiger partial charge in [-0.2, -0.15) is 13.2 Å². The van der Waals surface area contributed by atoms with Crippen LogP contribution in [0.5, 0.6) is 5.75 Å². The van der Waals surface area contributed by atoms with Gasteiger partial charge in [0.2, 0.25) is 5.91 Å². The molecule has 2 unspecified atom stereocenters. The van der Waals surface area contributed by atoms with Crippen LogP contribution in [0.25, 0.3) is 11.1 Å². The minimum absolute atomic E-state index is 0.0325. The summed E-state index contributed by atoms with van der Waals surface area (Å²) in [7, 11) is 0. The number of halogens is 3. The molecule has 0 saturated carbocycles. The van der Waals surface area contributed by atoms with E-state index in [-0.39, 0.29) is 24.2 Å². The van der Waals surface area contributed by atoms with Gasteiger partial charge >= 0.3 is 6.18 Å². The number of carbonyl (C=O) groups is 1. The third-order valence-electron chi connectivity index (χ3n) is 5.31. The van der Waals surface area contributed by atoms with Gasteiger partial charge in [-0.3, -0.25) is 4.79 Å². The van der Waals surface area contributed by atoms with E-state index in [2.05, 4.69) is 10.3 Å². The first-order valence-electron chi connectivity index (χ1n) is 11.2. The molecule has 1 aromatic heterocycles. The van der Waals surface area contributed by atoms with Crippen LogP contribution in [0.15, 0.2) is 36.5 Å². The van der Waals surface area contributed by atoms with Gasteiger partial charge in [0.25, 0.3) is 0 Å². The van der Waals surface area contributed by atoms with Crippen molar-refractivity contribution in [2.75, 3.05) is 11.9 Å². The number of carbonyl (C=O) groups excluding carboxylic acids is 1. The fourth-order valence-corrected chi connectivity index (χ4v) is 3.62. The topological polar surface area (TPSA) is 77.2 Å². The Labute approximate surface area is 193 Å². The van der Waals surface area contributed by atoms with Crippen molar-refractivity contribution in [3.8, 4) is 16.9 Å². The number of nitrogens with zero attached hydrogens (tertiary/aromatic N) is 1. The molecule has 2 aromatic rings. The molecule has 33 heavy (non-hydrogen) atoms. The number of benzene rings is 1. The van der Waals surface area contributed by atoms with Crippen molar-refractivity contribution in [2.45, 2.75) is 65.6 Å². The van der Waals surface area contributed by atoms with Gasteiger partial charge in [-0.25, -0.2) is 4.98 Å². The third kappa shape index (κ3) is 8.35. The number of anilines is 1. The first-order chi connectivity index (χ1) is 15.3. The van der Waals surface area contributed by atoms with Gasteiger partial charge in [0.1, 0.15) is 18.2 Å². The molecule has 2 atom stereocenters. The average Bonchev–Trinajstić information content (AvgIpc) is 2.70. The molecule has 1 aromatic carbocycles. The second kappa shape index (κ2) is 11.0. The van der Waals surface area contributed by atoms with Gasteiger partial charge in [0, 0.05) is 18.2 Å². The van der Waals surface area contributed by atoms with E-state index in [1.54, 1.807) is 25.1 Å². The number of hydrogen-bond donors (Lipinski definition) is 2. The van der Waals surface area contributed by atoms with Crippen molar-refractivity contribution in [1.82, 2.24) is 4.98 Å². The fraction of sp³-hybridized carbons (Fsp3) is 0.520. The molecule has 0 spiro atoms. The zero-order chi connectivity index (χ0) is 24.8. The summed E-state index contributed by atoms with van der Waals surface area (Å²) in [6, 6.07) is 7.07. The average molecular weight is 466 g/mol. The standard InChI is InChI=1S/C25H34F3N3O2/c1-6-17(4)11-23(32)31-22-13-19(9-10-30-22)18-7-8-21(20(12-18)25(26,27)28)33-15-24(5,29)14-16(2)3/h7-10,12-13,16-17H,6,11,14-15,29H2,1-5H3,(H,30,31,32). The Morgan fingerprint density at radius 2 is 1.82 bits per heavy atom. The van der Waals surface area contributed by atoms with E-state index in [9.17, 15) is 18.0 Å². The molecule has 8 heteroatoms. The first kappa shape index (κ1) is 26.6. The minimum Gasteiger partial charge on any atom is -0.491 e. The molecule has 2 rings (SSSR count). The fourth-order valence-electron chi connectivity index (χ4n) is 3.62. The van der Waals surface area contributed by atoms with E-state index in [1.807, 2.05) is 27.7 Å². The molecule has 0 saturated heterocycles. The molecular weight excluding hydrogens is 431 g/mol. The maximum absolute atomic E-state index is 13.8. The van der Waals surface area contributed by atoms with Crippen LogP contribution in [-0.2, 0) is 11.0 Å². The Morgan fingerprint density at radius 3 is 2.42 bits per heavy atom. The summed E-state index contributed by atoms with van der Waals surface area (Å²) in [4.78, 5) is 16.3. The lowest BCUT2D eigenvalue weighted by Gasteiger charge is -2.27. The van der Waals surface area contributed by atoms with Crippen LogP contribution in [0.1, 0.15) is 59.4 Å². The zero-order valence-electron chi connectivity index (χ0n) is 19.9. The van der Waals surface area contributed by atoms with Crippen LogP contribution in [0, 0.1) is 11.8 Å². The summed E-state index contributed by atoms with van der Waals surface area (Å²) in [6.07, 6.45) is -1.30. The molecule has 0 aliphatic rings. The lowest BCUT2D eigenvalue weighted by molar-refractivity contribution is -0.139. The number of aromatic nitrogens is 1. The molecular formula is C25H34F3N3O2. The Bertz CT molecular complexity index is 943. The number of nitrogens with one attached hydrogen (secondary N) is 1. The molecule has 1 heterocycles. The Kier molecular flexibility index (Phi) is 8.89. The van der Waals surface area contributed by atoms with Crippen LogP contribution in [-0.4, -0.2) is 23.0 Å². The summed E-state index contributed by atoms with van der Waals surface area (Å²) in [5, 5.41) is 2.72. The molecule has 1 amide bonds. The lowest BCUT2D eigenvalue weighted by atomic mass is 9.93. The zero-order valence-corrected chi connectivity index (χ0v) is 19.9. The second-order valence-electron chi connectivity index (χ2n) is 9.44. The Hall–Kier alpha value is -2.61. The van der Waals surface area contributed by atoms with Gasteiger partial charge in [-0.15, -0.1) is 0 Å². The van der Waals surface area contributed by atoms with Crippen LogP contribution in [0.3, 0.4) is 0 Å². The van der Waals surface area contributed by atoms with Crippen LogP contribution < -0.4 is 15.8 Å². The highest BCUT2D eigenvalue weighted by Gasteiger charge is 2.35. The number of hydrogen-bond acceptors (Lipinski definition) is 4. The first-order valence-corrected chi connectivity index (χ1v) is 11.2. The highest BCUT2D eigenvalue weighted by Crippen LogP contribution is 2.39. The normalized spacial score (nSPS) is 14.6. The second-order valence-corrected chi connectivity index (χ2v) is 9.44. The summed E-state index contributed by atoms with van der Waals surface area (Å²) >= 11 is 0. The van der Waals surface area contributed by atoms with Gasteiger partial charge in [0.15, 0.2) is 0 Å². The van der Waals surface area contributed by atoms with E-state index >= 15 is 0 Å². The van der Waals surface area contributed by atoms with Gasteiger partial charge in [-0.1, -0.05) is 40.2 Å². The van der Waals surface area contributed by atoms with E-state index in [1.165, 1.54) is 12.3 Å². The van der Waals surface area contributed by atoms with Gasteiger partial charge < -0.3 is 15.8 Å².